The average molecular weight is 167 g/mol. The van der Waals surface area contributed by atoms with E-state index in [1.165, 1.54) is 0 Å². The van der Waals surface area contributed by atoms with Crippen molar-refractivity contribution in [3.8, 4) is 0 Å². The van der Waals surface area contributed by atoms with Crippen LogP contribution in [0.5, 0.6) is 0 Å². The zero-order valence-electron chi connectivity index (χ0n) is 7.62. The van der Waals surface area contributed by atoms with Crippen LogP contribution in [0.15, 0.2) is 12.2 Å². The van der Waals surface area contributed by atoms with Crippen molar-refractivity contribution < 1.29 is 4.79 Å². The second kappa shape index (κ2) is 4.41. The van der Waals surface area contributed by atoms with Crippen LogP contribution in [0.2, 0.25) is 0 Å². The monoisotopic (exact) mass is 167 g/mol. The van der Waals surface area contributed by atoms with E-state index >= 15 is 0 Å². The first-order chi connectivity index (χ1) is 5.70. The molecule has 0 bridgehead atoms. The summed E-state index contributed by atoms with van der Waals surface area (Å²) in [6.45, 7) is 1.76. The Bertz CT molecular complexity index is 184. The highest BCUT2D eigenvalue weighted by atomic mass is 16.1. The molecule has 1 rings (SSSR count). The summed E-state index contributed by atoms with van der Waals surface area (Å²) < 4.78 is 0. The van der Waals surface area contributed by atoms with Crippen LogP contribution in [-0.4, -0.2) is 11.8 Å². The average Bonchev–Trinajstić information content (AvgIpc) is 2.06. The van der Waals surface area contributed by atoms with Gasteiger partial charge in [-0.2, -0.15) is 0 Å². The van der Waals surface area contributed by atoms with Crippen LogP contribution < -0.4 is 5.73 Å². The summed E-state index contributed by atoms with van der Waals surface area (Å²) in [4.78, 5) is 11.3. The Morgan fingerprint density at radius 2 is 2.42 bits per heavy atom. The Labute approximate surface area is 73.8 Å². The molecule has 0 saturated heterocycles. The molecule has 1 aliphatic carbocycles. The van der Waals surface area contributed by atoms with Crippen molar-refractivity contribution in [2.75, 3.05) is 0 Å². The summed E-state index contributed by atoms with van der Waals surface area (Å²) in [7, 11) is 0. The fourth-order valence-electron chi connectivity index (χ4n) is 1.51. The van der Waals surface area contributed by atoms with E-state index in [1.807, 2.05) is 0 Å². The molecule has 0 amide bonds. The van der Waals surface area contributed by atoms with Gasteiger partial charge in [-0.25, -0.2) is 0 Å². The predicted octanol–water partition coefficient (Wildman–Crippen LogP) is 1.65. The van der Waals surface area contributed by atoms with Gasteiger partial charge in [-0.1, -0.05) is 12.2 Å². The van der Waals surface area contributed by atoms with Crippen LogP contribution in [0.25, 0.3) is 0 Å². The van der Waals surface area contributed by atoms with Crippen molar-refractivity contribution in [3.63, 3.8) is 0 Å². The summed E-state index contributed by atoms with van der Waals surface area (Å²) in [5.41, 5.74) is 5.49. The Hall–Kier alpha value is -0.630. The molecule has 12 heavy (non-hydrogen) atoms. The number of allylic oxidation sites excluding steroid dienone is 2. The Morgan fingerprint density at radius 1 is 1.67 bits per heavy atom. The molecule has 0 saturated carbocycles. The highest BCUT2D eigenvalue weighted by Gasteiger charge is 2.16. The SMILES string of the molecule is CC(N)C(=O)CC1CC=CCC1. The van der Waals surface area contributed by atoms with Gasteiger partial charge in [-0.05, 0) is 32.1 Å². The van der Waals surface area contributed by atoms with Gasteiger partial charge in [0.15, 0.2) is 0 Å². The van der Waals surface area contributed by atoms with Crippen molar-refractivity contribution >= 4 is 5.78 Å². The van der Waals surface area contributed by atoms with Crippen LogP contribution in [0, 0.1) is 5.92 Å². The zero-order chi connectivity index (χ0) is 8.97. The van der Waals surface area contributed by atoms with E-state index in [0.29, 0.717) is 12.3 Å². The molecule has 2 N–H and O–H groups in total. The Morgan fingerprint density at radius 3 is 2.92 bits per heavy atom. The van der Waals surface area contributed by atoms with Crippen LogP contribution in [0.4, 0.5) is 0 Å². The predicted molar refractivity (Wildman–Crippen MR) is 49.8 cm³/mol. The standard InChI is InChI=1S/C10H17NO/c1-8(11)10(12)7-9-5-3-2-4-6-9/h2-3,8-9H,4-7,11H2,1H3. The second-order valence-electron chi connectivity index (χ2n) is 3.61. The third kappa shape index (κ3) is 2.78. The first-order valence-electron chi connectivity index (χ1n) is 4.63. The summed E-state index contributed by atoms with van der Waals surface area (Å²) in [6.07, 6.45) is 8.35. The number of carbonyl (C=O) groups excluding carboxylic acids is 1. The van der Waals surface area contributed by atoms with Crippen molar-refractivity contribution in [3.05, 3.63) is 12.2 Å². The topological polar surface area (TPSA) is 43.1 Å². The number of rotatable bonds is 3. The molecule has 2 nitrogen and oxygen atoms in total. The number of carbonyl (C=O) groups is 1. The number of hydrogen-bond acceptors (Lipinski definition) is 2. The molecule has 2 heteroatoms. The highest BCUT2D eigenvalue weighted by molar-refractivity contribution is 5.83. The molecular formula is C10H17NO. The van der Waals surface area contributed by atoms with Crippen LogP contribution in [-0.2, 0) is 4.79 Å². The quantitative estimate of drug-likeness (QED) is 0.649. The molecule has 1 aliphatic rings. The van der Waals surface area contributed by atoms with Gasteiger partial charge in [-0.3, -0.25) is 4.79 Å². The lowest BCUT2D eigenvalue weighted by molar-refractivity contribution is -0.120. The fourth-order valence-corrected chi connectivity index (χ4v) is 1.51. The normalized spacial score (nSPS) is 25.3. The maximum absolute atomic E-state index is 11.3. The van der Waals surface area contributed by atoms with Gasteiger partial charge in [0, 0.05) is 6.42 Å². The Balaban J connectivity index is 2.31. The van der Waals surface area contributed by atoms with Crippen LogP contribution in [0.1, 0.15) is 32.6 Å². The smallest absolute Gasteiger partial charge is 0.149 e. The molecule has 0 aromatic carbocycles. The molecule has 2 unspecified atom stereocenters. The zero-order valence-corrected chi connectivity index (χ0v) is 7.62. The minimum absolute atomic E-state index is 0.204. The van der Waals surface area contributed by atoms with Crippen LogP contribution in [0.3, 0.4) is 0 Å². The van der Waals surface area contributed by atoms with Crippen molar-refractivity contribution in [1.82, 2.24) is 0 Å². The third-order valence-corrected chi connectivity index (χ3v) is 2.38. The summed E-state index contributed by atoms with van der Waals surface area (Å²) in [6, 6.07) is -0.282. The lowest BCUT2D eigenvalue weighted by atomic mass is 9.89. The molecule has 0 aromatic rings. The minimum Gasteiger partial charge on any atom is -0.322 e. The number of hydrogen-bond donors (Lipinski definition) is 1. The molecule has 0 aliphatic heterocycles. The lowest BCUT2D eigenvalue weighted by Crippen LogP contribution is -2.28. The fraction of sp³-hybridized carbons (Fsp3) is 0.700. The van der Waals surface area contributed by atoms with Gasteiger partial charge in [0.05, 0.1) is 6.04 Å². The van der Waals surface area contributed by atoms with E-state index in [2.05, 4.69) is 12.2 Å². The second-order valence-corrected chi connectivity index (χ2v) is 3.61. The van der Waals surface area contributed by atoms with E-state index in [9.17, 15) is 4.79 Å². The van der Waals surface area contributed by atoms with Crippen molar-refractivity contribution in [1.29, 1.82) is 0 Å². The molecule has 0 radical (unpaired) electrons. The van der Waals surface area contributed by atoms with Crippen LogP contribution >= 0.6 is 0 Å². The van der Waals surface area contributed by atoms with Gasteiger partial charge in [0.25, 0.3) is 0 Å². The largest absolute Gasteiger partial charge is 0.322 e. The molecule has 0 spiro atoms. The van der Waals surface area contributed by atoms with E-state index < -0.39 is 0 Å². The maximum atomic E-state index is 11.3. The molecule has 0 fully saturated rings. The number of ketones is 1. The molecule has 0 heterocycles. The first-order valence-corrected chi connectivity index (χ1v) is 4.63. The molecule has 0 aromatic heterocycles. The van der Waals surface area contributed by atoms with Crippen molar-refractivity contribution in [2.45, 2.75) is 38.6 Å². The summed E-state index contributed by atoms with van der Waals surface area (Å²) in [5.74, 6) is 0.754. The van der Waals surface area contributed by atoms with Gasteiger partial charge >= 0.3 is 0 Å². The molecular weight excluding hydrogens is 150 g/mol. The van der Waals surface area contributed by atoms with E-state index in [1.54, 1.807) is 6.92 Å². The lowest BCUT2D eigenvalue weighted by Gasteiger charge is -2.17. The Kier molecular flexibility index (Phi) is 3.48. The first kappa shape index (κ1) is 9.46. The van der Waals surface area contributed by atoms with E-state index in [0.717, 1.165) is 19.3 Å². The minimum atomic E-state index is -0.282. The number of nitrogens with two attached hydrogens (primary N) is 1. The van der Waals surface area contributed by atoms with Gasteiger partial charge in [0.2, 0.25) is 0 Å². The summed E-state index contributed by atoms with van der Waals surface area (Å²) >= 11 is 0. The molecule has 68 valence electrons. The maximum Gasteiger partial charge on any atom is 0.149 e. The van der Waals surface area contributed by atoms with Gasteiger partial charge < -0.3 is 5.73 Å². The van der Waals surface area contributed by atoms with Crippen molar-refractivity contribution in [2.24, 2.45) is 11.7 Å². The summed E-state index contributed by atoms with van der Waals surface area (Å²) in [5, 5.41) is 0. The van der Waals surface area contributed by atoms with Gasteiger partial charge in [-0.15, -0.1) is 0 Å². The third-order valence-electron chi connectivity index (χ3n) is 2.38. The van der Waals surface area contributed by atoms with E-state index in [-0.39, 0.29) is 11.8 Å². The molecule has 2 atom stereocenters. The highest BCUT2D eigenvalue weighted by Crippen LogP contribution is 2.21. The van der Waals surface area contributed by atoms with E-state index in [4.69, 9.17) is 5.73 Å². The number of Topliss-reactive ketones (excluding diaryl/α,β-unsaturated/α-hetero) is 1. The van der Waals surface area contributed by atoms with Gasteiger partial charge in [0.1, 0.15) is 5.78 Å².